The fraction of sp³-hybridized carbons (Fsp3) is 0.520. The molecule has 0 N–H and O–H groups in total. The van der Waals surface area contributed by atoms with Crippen LogP contribution in [0.1, 0.15) is 47.7 Å². The van der Waals surface area contributed by atoms with Crippen LogP contribution in [0.3, 0.4) is 0 Å². The van der Waals surface area contributed by atoms with E-state index in [2.05, 4.69) is 43.9 Å². The molecule has 32 heavy (non-hydrogen) atoms. The minimum absolute atomic E-state index is 0.0978. The Morgan fingerprint density at radius 3 is 2.62 bits per heavy atom. The Kier molecular flexibility index (Phi) is 6.84. The number of aromatic nitrogens is 1. The number of nitrogens with zero attached hydrogens (tertiary/aromatic N) is 3. The molecular formula is C25H29BrClN3O2. The molecule has 1 amide bonds. The van der Waals surface area contributed by atoms with Gasteiger partial charge in [0.25, 0.3) is 0 Å². The minimum atomic E-state index is 0.0978. The third kappa shape index (κ3) is 4.74. The van der Waals surface area contributed by atoms with Crippen molar-refractivity contribution in [2.45, 2.75) is 38.1 Å². The summed E-state index contributed by atoms with van der Waals surface area (Å²) in [6.07, 6.45) is 6.49. The lowest BCUT2D eigenvalue weighted by atomic mass is 9.95. The number of benzene rings is 1. The number of carbonyl (C=O) groups excluding carboxylic acids is 1. The Labute approximate surface area is 203 Å². The quantitative estimate of drug-likeness (QED) is 0.594. The maximum atomic E-state index is 12.9. The maximum Gasteiger partial charge on any atom is 0.222 e. The van der Waals surface area contributed by atoms with E-state index < -0.39 is 0 Å². The van der Waals surface area contributed by atoms with Crippen molar-refractivity contribution in [3.63, 3.8) is 0 Å². The monoisotopic (exact) mass is 517 g/mol. The number of hydrogen-bond acceptors (Lipinski definition) is 4. The molecule has 7 heteroatoms. The summed E-state index contributed by atoms with van der Waals surface area (Å²) in [5.41, 5.74) is 5.02. The van der Waals surface area contributed by atoms with Gasteiger partial charge in [0.1, 0.15) is 0 Å². The summed E-state index contributed by atoms with van der Waals surface area (Å²) in [6, 6.07) is 8.57. The van der Waals surface area contributed by atoms with Crippen molar-refractivity contribution in [1.82, 2.24) is 14.8 Å². The van der Waals surface area contributed by atoms with E-state index in [1.165, 1.54) is 16.7 Å². The first-order valence-corrected chi connectivity index (χ1v) is 12.8. The van der Waals surface area contributed by atoms with Crippen LogP contribution in [0.15, 0.2) is 34.9 Å². The lowest BCUT2D eigenvalue weighted by Crippen LogP contribution is -2.50. The molecule has 0 bridgehead atoms. The number of carbonyl (C=O) groups is 1. The number of pyridine rings is 1. The van der Waals surface area contributed by atoms with Crippen LogP contribution in [0.5, 0.6) is 0 Å². The molecule has 0 saturated carbocycles. The summed E-state index contributed by atoms with van der Waals surface area (Å²) in [5, 5.41) is 0.783. The Bertz CT molecular complexity index is 934. The van der Waals surface area contributed by atoms with Gasteiger partial charge in [-0.3, -0.25) is 14.7 Å². The van der Waals surface area contributed by atoms with Gasteiger partial charge in [0.15, 0.2) is 0 Å². The van der Waals surface area contributed by atoms with Crippen LogP contribution in [0.2, 0.25) is 5.02 Å². The van der Waals surface area contributed by atoms with Gasteiger partial charge in [-0.25, -0.2) is 0 Å². The Balaban J connectivity index is 1.35. The molecule has 2 aromatic rings. The first kappa shape index (κ1) is 22.3. The number of hydrogen-bond donors (Lipinski definition) is 0. The lowest BCUT2D eigenvalue weighted by molar-refractivity contribution is -0.134. The third-order valence-electron chi connectivity index (χ3n) is 7.13. The van der Waals surface area contributed by atoms with Gasteiger partial charge in [-0.15, -0.1) is 0 Å². The summed E-state index contributed by atoms with van der Waals surface area (Å²) >= 11 is 9.94. The molecule has 2 fully saturated rings. The van der Waals surface area contributed by atoms with Gasteiger partial charge in [-0.1, -0.05) is 17.7 Å². The van der Waals surface area contributed by atoms with Crippen LogP contribution in [0, 0.1) is 5.92 Å². The molecule has 1 atom stereocenters. The van der Waals surface area contributed by atoms with E-state index in [1.807, 2.05) is 12.3 Å². The first-order chi connectivity index (χ1) is 15.6. The van der Waals surface area contributed by atoms with E-state index in [0.29, 0.717) is 18.2 Å². The number of ether oxygens (including phenoxy) is 1. The summed E-state index contributed by atoms with van der Waals surface area (Å²) < 4.78 is 6.46. The number of halogens is 2. The molecule has 3 heterocycles. The van der Waals surface area contributed by atoms with Crippen molar-refractivity contribution in [2.24, 2.45) is 5.92 Å². The fourth-order valence-corrected chi connectivity index (χ4v) is 5.91. The van der Waals surface area contributed by atoms with Crippen LogP contribution in [-0.2, 0) is 22.4 Å². The van der Waals surface area contributed by atoms with Gasteiger partial charge in [-0.2, -0.15) is 0 Å². The van der Waals surface area contributed by atoms with E-state index in [9.17, 15) is 4.79 Å². The Hall–Kier alpha value is -1.47. The first-order valence-electron chi connectivity index (χ1n) is 11.6. The number of piperazine rings is 1. The van der Waals surface area contributed by atoms with E-state index in [1.54, 1.807) is 0 Å². The maximum absolute atomic E-state index is 12.9. The average molecular weight is 519 g/mol. The van der Waals surface area contributed by atoms with E-state index in [-0.39, 0.29) is 6.04 Å². The van der Waals surface area contributed by atoms with Crippen molar-refractivity contribution < 1.29 is 9.53 Å². The van der Waals surface area contributed by atoms with Crippen LogP contribution < -0.4 is 0 Å². The highest BCUT2D eigenvalue weighted by Crippen LogP contribution is 2.38. The third-order valence-corrected chi connectivity index (χ3v) is 7.80. The molecule has 0 unspecified atom stereocenters. The van der Waals surface area contributed by atoms with Gasteiger partial charge in [0.05, 0.1) is 11.7 Å². The number of rotatable bonds is 3. The second kappa shape index (κ2) is 9.80. The number of aryl methyl sites for hydroxylation is 2. The number of fused-ring (bicyclic) bond motifs is 2. The standard InChI is InChI=1S/C25H29BrClN3O2/c26-20-14-19-2-1-18-15-21(27)3-4-22(18)25(24(19)28-16-20)30-9-7-29(8-10-30)23(31)13-17-5-11-32-12-6-17/h3-4,14-17,25H,1-2,5-13H2/t25-/m1/s1. The average Bonchev–Trinajstić information content (AvgIpc) is 2.96. The van der Waals surface area contributed by atoms with Crippen molar-refractivity contribution >= 4 is 33.4 Å². The zero-order chi connectivity index (χ0) is 22.1. The van der Waals surface area contributed by atoms with Crippen molar-refractivity contribution in [1.29, 1.82) is 0 Å². The topological polar surface area (TPSA) is 45.7 Å². The second-order valence-corrected chi connectivity index (χ2v) is 10.5. The van der Waals surface area contributed by atoms with Crippen molar-refractivity contribution in [3.8, 4) is 0 Å². The van der Waals surface area contributed by atoms with Crippen LogP contribution in [0.4, 0.5) is 0 Å². The zero-order valence-electron chi connectivity index (χ0n) is 18.2. The van der Waals surface area contributed by atoms with E-state index in [4.69, 9.17) is 21.3 Å². The predicted octanol–water partition coefficient (Wildman–Crippen LogP) is 4.65. The summed E-state index contributed by atoms with van der Waals surface area (Å²) in [6.45, 7) is 4.83. The highest BCUT2D eigenvalue weighted by molar-refractivity contribution is 9.10. The molecular weight excluding hydrogens is 490 g/mol. The highest BCUT2D eigenvalue weighted by atomic mass is 79.9. The molecule has 5 rings (SSSR count). The molecule has 1 aliphatic carbocycles. The summed E-state index contributed by atoms with van der Waals surface area (Å²) in [5.74, 6) is 0.773. The summed E-state index contributed by atoms with van der Waals surface area (Å²) in [7, 11) is 0. The van der Waals surface area contributed by atoms with Gasteiger partial charge >= 0.3 is 0 Å². The molecule has 3 aliphatic rings. The van der Waals surface area contributed by atoms with Crippen molar-refractivity contribution in [2.75, 3.05) is 39.4 Å². The Morgan fingerprint density at radius 1 is 1.09 bits per heavy atom. The SMILES string of the molecule is O=C(CC1CCOCC1)N1CCN([C@@H]2c3ccc(Cl)cc3CCc3cc(Br)cnc32)CC1. The minimum Gasteiger partial charge on any atom is -0.381 e. The van der Waals surface area contributed by atoms with Gasteiger partial charge < -0.3 is 9.64 Å². The Morgan fingerprint density at radius 2 is 1.84 bits per heavy atom. The van der Waals surface area contributed by atoms with Crippen LogP contribution in [0.25, 0.3) is 0 Å². The summed E-state index contributed by atoms with van der Waals surface area (Å²) in [4.78, 5) is 22.3. The highest BCUT2D eigenvalue weighted by Gasteiger charge is 2.33. The van der Waals surface area contributed by atoms with Crippen LogP contribution in [-0.4, -0.2) is 60.1 Å². The molecule has 0 spiro atoms. The molecule has 5 nitrogen and oxygen atoms in total. The van der Waals surface area contributed by atoms with Gasteiger partial charge in [0, 0.05) is 61.5 Å². The number of amides is 1. The van der Waals surface area contributed by atoms with Gasteiger partial charge in [-0.05, 0) is 82.4 Å². The normalized spacial score (nSPS) is 22.2. The van der Waals surface area contributed by atoms with Crippen LogP contribution >= 0.6 is 27.5 Å². The fourth-order valence-electron chi connectivity index (χ4n) is 5.34. The van der Waals surface area contributed by atoms with Gasteiger partial charge in [0.2, 0.25) is 5.91 Å². The molecule has 0 radical (unpaired) electrons. The predicted molar refractivity (Wildman–Crippen MR) is 129 cm³/mol. The molecule has 2 saturated heterocycles. The molecule has 170 valence electrons. The van der Waals surface area contributed by atoms with E-state index >= 15 is 0 Å². The molecule has 1 aromatic heterocycles. The smallest absolute Gasteiger partial charge is 0.222 e. The largest absolute Gasteiger partial charge is 0.381 e. The lowest BCUT2D eigenvalue weighted by Gasteiger charge is -2.40. The molecule has 1 aromatic carbocycles. The van der Waals surface area contributed by atoms with E-state index in [0.717, 1.165) is 80.3 Å². The van der Waals surface area contributed by atoms with Crippen molar-refractivity contribution in [3.05, 3.63) is 62.3 Å². The second-order valence-electron chi connectivity index (χ2n) is 9.12. The molecule has 2 aliphatic heterocycles. The zero-order valence-corrected chi connectivity index (χ0v) is 20.6.